The number of likely N-dealkylation sites (tertiary alicyclic amines) is 1. The van der Waals surface area contributed by atoms with Crippen LogP contribution in [0.4, 0.5) is 0 Å². The maximum absolute atomic E-state index is 11.6. The van der Waals surface area contributed by atoms with Crippen molar-refractivity contribution in [3.05, 3.63) is 30.0 Å². The normalized spacial score (nSPS) is 18.2. The highest BCUT2D eigenvalue weighted by atomic mass is 17.2. The number of carbonyl (C=O) groups excluding carboxylic acids is 1. The van der Waals surface area contributed by atoms with Crippen molar-refractivity contribution in [3.63, 3.8) is 0 Å². The van der Waals surface area contributed by atoms with Crippen molar-refractivity contribution in [2.24, 2.45) is 0 Å². The third-order valence-electron chi connectivity index (χ3n) is 4.83. The zero-order valence-electron chi connectivity index (χ0n) is 14.5. The Morgan fingerprint density at radius 1 is 1.42 bits per heavy atom. The first kappa shape index (κ1) is 16.8. The molecule has 130 valence electrons. The van der Waals surface area contributed by atoms with E-state index in [1.165, 1.54) is 24.9 Å². The molecule has 1 fully saturated rings. The maximum Gasteiger partial charge on any atom is 0.355 e. The van der Waals surface area contributed by atoms with E-state index in [2.05, 4.69) is 23.1 Å². The van der Waals surface area contributed by atoms with E-state index < -0.39 is 0 Å². The van der Waals surface area contributed by atoms with Crippen LogP contribution in [0.3, 0.4) is 0 Å². The molecule has 1 aliphatic heterocycles. The number of likely N-dealkylation sites (N-methyl/N-ethyl adjacent to an activating group) is 1. The van der Waals surface area contributed by atoms with Crippen LogP contribution in [0, 0.1) is 0 Å². The number of nitrogens with zero attached hydrogens (tertiary/aromatic N) is 1. The summed E-state index contributed by atoms with van der Waals surface area (Å²) in [7, 11) is 2.19. The summed E-state index contributed by atoms with van der Waals surface area (Å²) in [5, 5.41) is 1.14. The van der Waals surface area contributed by atoms with Crippen LogP contribution in [0.25, 0.3) is 10.9 Å². The highest BCUT2D eigenvalue weighted by Crippen LogP contribution is 2.27. The van der Waals surface area contributed by atoms with Gasteiger partial charge in [0.25, 0.3) is 0 Å². The second kappa shape index (κ2) is 7.71. The summed E-state index contributed by atoms with van der Waals surface area (Å²) in [5.74, 6) is 0.242. The number of aromatic nitrogens is 1. The minimum absolute atomic E-state index is 0.321. The van der Waals surface area contributed by atoms with Crippen molar-refractivity contribution in [3.8, 4) is 5.75 Å². The first-order valence-corrected chi connectivity index (χ1v) is 8.85. The Kier molecular flexibility index (Phi) is 5.41. The highest BCUT2D eigenvalue weighted by Gasteiger charge is 2.22. The molecule has 1 atom stereocenters. The number of carbonyl (C=O) groups is 1. The number of hydrogen-bond acceptors (Lipinski definition) is 4. The molecule has 2 heterocycles. The molecule has 5 heteroatoms. The average molecular weight is 330 g/mol. The number of fused-ring (bicyclic) bond motifs is 1. The number of hydrogen-bond donors (Lipinski definition) is 1. The zero-order valence-corrected chi connectivity index (χ0v) is 14.5. The standard InChI is InChI=1S/C19H26N2O3/c1-3-4-7-19(22)24-23-16-8-9-18-17(12-16)14(13-20-18)11-15-6-5-10-21(15)2/h8-9,12-13,15,20H,3-7,10-11H2,1-2H3. The van der Waals surface area contributed by atoms with E-state index >= 15 is 0 Å². The molecule has 0 radical (unpaired) electrons. The molecular weight excluding hydrogens is 304 g/mol. The fourth-order valence-corrected chi connectivity index (χ4v) is 3.33. The first-order chi connectivity index (χ1) is 11.7. The van der Waals surface area contributed by atoms with E-state index in [0.29, 0.717) is 18.2 Å². The smallest absolute Gasteiger partial charge is 0.355 e. The first-order valence-electron chi connectivity index (χ1n) is 8.85. The summed E-state index contributed by atoms with van der Waals surface area (Å²) in [6.07, 6.45) is 7.79. The van der Waals surface area contributed by atoms with Gasteiger partial charge in [-0.15, -0.1) is 0 Å². The summed E-state index contributed by atoms with van der Waals surface area (Å²) in [5.41, 5.74) is 2.36. The number of aromatic amines is 1. The molecule has 0 spiro atoms. The SMILES string of the molecule is CCCCC(=O)OOc1ccc2[nH]cc(CC3CCCN3C)c2c1. The number of rotatable bonds is 7. The largest absolute Gasteiger partial charge is 0.361 e. The van der Waals surface area contributed by atoms with Gasteiger partial charge >= 0.3 is 5.97 Å². The summed E-state index contributed by atoms with van der Waals surface area (Å²) in [6, 6.07) is 6.33. The van der Waals surface area contributed by atoms with Crippen molar-refractivity contribution in [1.29, 1.82) is 0 Å². The van der Waals surface area contributed by atoms with E-state index in [9.17, 15) is 4.79 Å². The lowest BCUT2D eigenvalue weighted by Crippen LogP contribution is -2.26. The number of H-pyrrole nitrogens is 1. The zero-order chi connectivity index (χ0) is 16.9. The van der Waals surface area contributed by atoms with Crippen LogP contribution in [0.5, 0.6) is 5.75 Å². The Bertz CT molecular complexity index is 695. The van der Waals surface area contributed by atoms with Gasteiger partial charge in [-0.05, 0) is 63.0 Å². The third-order valence-corrected chi connectivity index (χ3v) is 4.83. The maximum atomic E-state index is 11.6. The van der Waals surface area contributed by atoms with Crippen LogP contribution in [0.15, 0.2) is 24.4 Å². The Morgan fingerprint density at radius 3 is 3.04 bits per heavy atom. The molecule has 1 aromatic heterocycles. The van der Waals surface area contributed by atoms with Crippen molar-refractivity contribution < 1.29 is 14.6 Å². The van der Waals surface area contributed by atoms with Gasteiger partial charge in [0, 0.05) is 23.1 Å². The lowest BCUT2D eigenvalue weighted by atomic mass is 10.0. The molecule has 3 rings (SSSR count). The lowest BCUT2D eigenvalue weighted by molar-refractivity contribution is -0.213. The Hall–Kier alpha value is -2.01. The summed E-state index contributed by atoms with van der Waals surface area (Å²) >= 11 is 0. The molecule has 0 amide bonds. The number of benzene rings is 1. The minimum atomic E-state index is -0.321. The molecule has 0 saturated carbocycles. The molecule has 1 saturated heterocycles. The van der Waals surface area contributed by atoms with Gasteiger partial charge in [-0.2, -0.15) is 0 Å². The van der Waals surface area contributed by atoms with Crippen molar-refractivity contribution in [2.75, 3.05) is 13.6 Å². The number of nitrogens with one attached hydrogen (secondary N) is 1. The summed E-state index contributed by atoms with van der Waals surface area (Å²) < 4.78 is 0. The molecule has 1 aromatic carbocycles. The molecule has 1 aliphatic rings. The monoisotopic (exact) mass is 330 g/mol. The van der Waals surface area contributed by atoms with Crippen molar-refractivity contribution >= 4 is 16.9 Å². The number of unbranched alkanes of at least 4 members (excludes halogenated alkanes) is 1. The van der Waals surface area contributed by atoms with E-state index in [0.717, 1.165) is 30.2 Å². The molecule has 0 bridgehead atoms. The van der Waals surface area contributed by atoms with Crippen LogP contribution < -0.4 is 4.89 Å². The predicted octanol–water partition coefficient (Wildman–Crippen LogP) is 3.83. The second-order valence-electron chi connectivity index (χ2n) is 6.64. The molecule has 24 heavy (non-hydrogen) atoms. The molecule has 1 unspecified atom stereocenters. The topological polar surface area (TPSA) is 54.6 Å². The van der Waals surface area contributed by atoms with Gasteiger partial charge in [0.05, 0.1) is 6.42 Å². The van der Waals surface area contributed by atoms with Gasteiger partial charge in [0.1, 0.15) is 0 Å². The van der Waals surface area contributed by atoms with Crippen LogP contribution in [0.2, 0.25) is 0 Å². The second-order valence-corrected chi connectivity index (χ2v) is 6.64. The predicted molar refractivity (Wildman–Crippen MR) is 93.9 cm³/mol. The fraction of sp³-hybridized carbons (Fsp3) is 0.526. The Balaban J connectivity index is 1.68. The third kappa shape index (κ3) is 3.90. The minimum Gasteiger partial charge on any atom is -0.361 e. The van der Waals surface area contributed by atoms with E-state index in [1.807, 2.05) is 25.1 Å². The van der Waals surface area contributed by atoms with Gasteiger partial charge in [0.2, 0.25) is 0 Å². The van der Waals surface area contributed by atoms with Crippen LogP contribution in [0.1, 0.15) is 44.6 Å². The van der Waals surface area contributed by atoms with Crippen molar-refractivity contribution in [1.82, 2.24) is 9.88 Å². The van der Waals surface area contributed by atoms with Crippen molar-refractivity contribution in [2.45, 2.75) is 51.5 Å². The molecule has 0 aliphatic carbocycles. The van der Waals surface area contributed by atoms with Gasteiger partial charge in [-0.25, -0.2) is 4.79 Å². The lowest BCUT2D eigenvalue weighted by Gasteiger charge is -2.18. The molecule has 5 nitrogen and oxygen atoms in total. The van der Waals surface area contributed by atoms with E-state index in [4.69, 9.17) is 9.78 Å². The molecule has 1 N–H and O–H groups in total. The van der Waals surface area contributed by atoms with Gasteiger partial charge in [0.15, 0.2) is 5.75 Å². The average Bonchev–Trinajstić information content (AvgIpc) is 3.18. The van der Waals surface area contributed by atoms with Gasteiger partial charge < -0.3 is 9.88 Å². The van der Waals surface area contributed by atoms with Crippen LogP contribution in [-0.2, 0) is 16.1 Å². The van der Waals surface area contributed by atoms with E-state index in [1.54, 1.807) is 0 Å². The van der Waals surface area contributed by atoms with Gasteiger partial charge in [-0.3, -0.25) is 9.78 Å². The fourth-order valence-electron chi connectivity index (χ4n) is 3.33. The van der Waals surface area contributed by atoms with Gasteiger partial charge in [-0.1, -0.05) is 13.3 Å². The summed E-state index contributed by atoms with van der Waals surface area (Å²) in [4.78, 5) is 27.4. The quantitative estimate of drug-likeness (QED) is 0.619. The Labute approximate surface area is 142 Å². The highest BCUT2D eigenvalue weighted by molar-refractivity contribution is 5.84. The molecular formula is C19H26N2O3. The Morgan fingerprint density at radius 2 is 2.29 bits per heavy atom. The molecule has 2 aromatic rings. The van der Waals surface area contributed by atoms with Crippen LogP contribution in [-0.4, -0.2) is 35.5 Å². The summed E-state index contributed by atoms with van der Waals surface area (Å²) in [6.45, 7) is 3.21. The van der Waals surface area contributed by atoms with E-state index in [-0.39, 0.29) is 5.97 Å². The van der Waals surface area contributed by atoms with Crippen LogP contribution >= 0.6 is 0 Å².